The Balaban J connectivity index is 2.10. The molecule has 0 aliphatic rings. The van der Waals surface area contributed by atoms with Crippen LogP contribution in [0.5, 0.6) is 0 Å². The van der Waals surface area contributed by atoms with Crippen molar-refractivity contribution < 1.29 is 13.0 Å². The van der Waals surface area contributed by atoms with Crippen molar-refractivity contribution in [3.05, 3.63) is 60.7 Å². The lowest BCUT2D eigenvalue weighted by Gasteiger charge is -2.05. The van der Waals surface area contributed by atoms with E-state index in [4.69, 9.17) is 5.73 Å². The Morgan fingerprint density at radius 2 is 1.48 bits per heavy atom. The molecule has 0 radical (unpaired) electrons. The first-order valence-electron chi connectivity index (χ1n) is 6.72. The van der Waals surface area contributed by atoms with Crippen LogP contribution in [-0.4, -0.2) is 13.0 Å². The summed E-state index contributed by atoms with van der Waals surface area (Å²) in [6.07, 6.45) is 0. The summed E-state index contributed by atoms with van der Waals surface area (Å²) in [5.74, 6) is 0. The zero-order valence-electron chi connectivity index (χ0n) is 11.9. The van der Waals surface area contributed by atoms with Crippen molar-refractivity contribution >= 4 is 38.0 Å². The van der Waals surface area contributed by atoms with E-state index in [2.05, 4.69) is 10.2 Å². The Kier molecular flexibility index (Phi) is 3.81. The number of nitrogens with zero attached hydrogens (tertiary/aromatic N) is 2. The maximum Gasteiger partial charge on any atom is 0.295 e. The van der Waals surface area contributed by atoms with Crippen molar-refractivity contribution in [2.45, 2.75) is 4.90 Å². The largest absolute Gasteiger partial charge is 0.399 e. The van der Waals surface area contributed by atoms with Crippen molar-refractivity contribution in [1.82, 2.24) is 0 Å². The first-order valence-corrected chi connectivity index (χ1v) is 8.16. The van der Waals surface area contributed by atoms with Crippen LogP contribution in [0.25, 0.3) is 10.8 Å². The Morgan fingerprint density at radius 1 is 0.826 bits per heavy atom. The Morgan fingerprint density at radius 3 is 2.17 bits per heavy atom. The monoisotopic (exact) mass is 327 g/mol. The lowest BCUT2D eigenvalue weighted by Crippen LogP contribution is -1.98. The van der Waals surface area contributed by atoms with E-state index >= 15 is 0 Å². The van der Waals surface area contributed by atoms with Gasteiger partial charge in [0.05, 0.1) is 11.4 Å². The van der Waals surface area contributed by atoms with E-state index in [1.54, 1.807) is 54.6 Å². The van der Waals surface area contributed by atoms with Crippen molar-refractivity contribution in [1.29, 1.82) is 0 Å². The molecule has 0 unspecified atom stereocenters. The van der Waals surface area contributed by atoms with Crippen LogP contribution in [-0.2, 0) is 10.1 Å². The second-order valence-corrected chi connectivity index (χ2v) is 6.28. The smallest absolute Gasteiger partial charge is 0.295 e. The molecule has 6 nitrogen and oxygen atoms in total. The average molecular weight is 327 g/mol. The molecule has 0 spiro atoms. The maximum atomic E-state index is 11.5. The van der Waals surface area contributed by atoms with Crippen LogP contribution in [0.1, 0.15) is 0 Å². The Labute approximate surface area is 133 Å². The third-order valence-electron chi connectivity index (χ3n) is 3.30. The predicted octanol–water partition coefficient (Wildman–Crippen LogP) is 4.08. The quantitative estimate of drug-likeness (QED) is 0.429. The van der Waals surface area contributed by atoms with Crippen LogP contribution in [0.15, 0.2) is 75.8 Å². The van der Waals surface area contributed by atoms with Gasteiger partial charge in [0.1, 0.15) is 4.90 Å². The minimum Gasteiger partial charge on any atom is -0.399 e. The van der Waals surface area contributed by atoms with Crippen LogP contribution in [0.3, 0.4) is 0 Å². The van der Waals surface area contributed by atoms with E-state index in [-0.39, 0.29) is 4.90 Å². The first-order chi connectivity index (χ1) is 10.9. The molecule has 3 aromatic rings. The Bertz CT molecular complexity index is 997. The van der Waals surface area contributed by atoms with E-state index in [0.29, 0.717) is 27.8 Å². The summed E-state index contributed by atoms with van der Waals surface area (Å²) in [5, 5.41) is 9.26. The van der Waals surface area contributed by atoms with E-state index in [0.717, 1.165) is 0 Å². The van der Waals surface area contributed by atoms with Gasteiger partial charge in [-0.15, -0.1) is 5.11 Å². The fourth-order valence-corrected chi connectivity index (χ4v) is 2.94. The molecular weight excluding hydrogens is 314 g/mol. The molecule has 0 atom stereocenters. The molecule has 3 aromatic carbocycles. The van der Waals surface area contributed by atoms with Crippen LogP contribution in [0.2, 0.25) is 0 Å². The van der Waals surface area contributed by atoms with Gasteiger partial charge >= 0.3 is 0 Å². The summed E-state index contributed by atoms with van der Waals surface area (Å²) in [6.45, 7) is 0. The second-order valence-electron chi connectivity index (χ2n) is 4.90. The number of nitrogens with two attached hydrogens (primary N) is 1. The van der Waals surface area contributed by atoms with Crippen molar-refractivity contribution in [3.8, 4) is 0 Å². The van der Waals surface area contributed by atoms with Gasteiger partial charge in [-0.1, -0.05) is 24.3 Å². The number of fused-ring (bicyclic) bond motifs is 1. The molecule has 0 fully saturated rings. The van der Waals surface area contributed by atoms with E-state index in [1.807, 2.05) is 0 Å². The average Bonchev–Trinajstić information content (AvgIpc) is 2.53. The second kappa shape index (κ2) is 5.79. The lowest BCUT2D eigenvalue weighted by atomic mass is 10.1. The molecule has 0 bridgehead atoms. The summed E-state index contributed by atoms with van der Waals surface area (Å²) in [7, 11) is -4.30. The number of benzene rings is 3. The SMILES string of the molecule is Nc1ccc(N=Nc2cccc3c(S(=O)(=O)O)cccc23)cc1. The van der Waals surface area contributed by atoms with Crippen molar-refractivity contribution in [2.24, 2.45) is 10.2 Å². The van der Waals surface area contributed by atoms with Gasteiger partial charge < -0.3 is 5.73 Å². The third kappa shape index (κ3) is 3.20. The number of azo groups is 1. The number of anilines is 1. The molecule has 23 heavy (non-hydrogen) atoms. The lowest BCUT2D eigenvalue weighted by molar-refractivity contribution is 0.484. The molecule has 3 N–H and O–H groups in total. The summed E-state index contributed by atoms with van der Waals surface area (Å²) in [6, 6.07) is 16.5. The molecule has 0 aromatic heterocycles. The van der Waals surface area contributed by atoms with Crippen LogP contribution >= 0.6 is 0 Å². The third-order valence-corrected chi connectivity index (χ3v) is 4.22. The number of hydrogen-bond acceptors (Lipinski definition) is 5. The molecule has 0 heterocycles. The molecule has 0 saturated heterocycles. The van der Waals surface area contributed by atoms with E-state index in [1.165, 1.54) is 6.07 Å². The van der Waals surface area contributed by atoms with Gasteiger partial charge in [0.25, 0.3) is 10.1 Å². The highest BCUT2D eigenvalue weighted by molar-refractivity contribution is 7.86. The zero-order chi connectivity index (χ0) is 16.4. The fraction of sp³-hybridized carbons (Fsp3) is 0. The number of hydrogen-bond donors (Lipinski definition) is 2. The highest BCUT2D eigenvalue weighted by Crippen LogP contribution is 2.31. The van der Waals surface area contributed by atoms with Crippen molar-refractivity contribution in [2.75, 3.05) is 5.73 Å². The summed E-state index contributed by atoms with van der Waals surface area (Å²) in [5.41, 5.74) is 7.38. The van der Waals surface area contributed by atoms with Crippen molar-refractivity contribution in [3.63, 3.8) is 0 Å². The number of nitrogen functional groups attached to an aromatic ring is 1. The van der Waals surface area contributed by atoms with Gasteiger partial charge in [0.15, 0.2) is 0 Å². The molecule has 0 aliphatic heterocycles. The molecule has 0 amide bonds. The van der Waals surface area contributed by atoms with Gasteiger partial charge in [-0.3, -0.25) is 4.55 Å². The standard InChI is InChI=1S/C16H13N3O3S/c17-11-7-9-12(10-8-11)18-19-15-5-1-4-14-13(15)3-2-6-16(14)23(20,21)22/h1-10H,17H2,(H,20,21,22). The highest BCUT2D eigenvalue weighted by atomic mass is 32.2. The van der Waals surface area contributed by atoms with Crippen LogP contribution in [0, 0.1) is 0 Å². The minimum atomic E-state index is -4.30. The topological polar surface area (TPSA) is 105 Å². The summed E-state index contributed by atoms with van der Waals surface area (Å²) >= 11 is 0. The fourth-order valence-electron chi connectivity index (χ4n) is 2.23. The number of rotatable bonds is 3. The minimum absolute atomic E-state index is 0.153. The molecule has 7 heteroatoms. The van der Waals surface area contributed by atoms with Crippen LogP contribution in [0.4, 0.5) is 17.1 Å². The van der Waals surface area contributed by atoms with Gasteiger partial charge in [-0.05, 0) is 36.4 Å². The van der Waals surface area contributed by atoms with Gasteiger partial charge in [-0.2, -0.15) is 13.5 Å². The first kappa shape index (κ1) is 15.1. The predicted molar refractivity (Wildman–Crippen MR) is 88.8 cm³/mol. The normalized spacial score (nSPS) is 12.0. The molecular formula is C16H13N3O3S. The van der Waals surface area contributed by atoms with Gasteiger partial charge in [0.2, 0.25) is 0 Å². The molecule has 3 rings (SSSR count). The highest BCUT2D eigenvalue weighted by Gasteiger charge is 2.14. The van der Waals surface area contributed by atoms with E-state index in [9.17, 15) is 13.0 Å². The molecule has 116 valence electrons. The van der Waals surface area contributed by atoms with Gasteiger partial charge in [0, 0.05) is 16.5 Å². The van der Waals surface area contributed by atoms with Crippen LogP contribution < -0.4 is 5.73 Å². The maximum absolute atomic E-state index is 11.5. The molecule has 0 aliphatic carbocycles. The molecule has 0 saturated carbocycles. The Hall–Kier alpha value is -2.77. The summed E-state index contributed by atoms with van der Waals surface area (Å²) in [4.78, 5) is -0.153. The van der Waals surface area contributed by atoms with Gasteiger partial charge in [-0.25, -0.2) is 0 Å². The zero-order valence-corrected chi connectivity index (χ0v) is 12.7. The summed E-state index contributed by atoms with van der Waals surface area (Å²) < 4.78 is 32.2. The van der Waals surface area contributed by atoms with E-state index < -0.39 is 10.1 Å².